The zero-order valence-electron chi connectivity index (χ0n) is 17.0. The number of hydrogen-bond acceptors (Lipinski definition) is 7. The second-order valence-corrected chi connectivity index (χ2v) is 8.53. The Morgan fingerprint density at radius 1 is 1.40 bits per heavy atom. The van der Waals surface area contributed by atoms with Crippen molar-refractivity contribution in [3.8, 4) is 11.3 Å². The predicted octanol–water partition coefficient (Wildman–Crippen LogP) is 2.58. The van der Waals surface area contributed by atoms with Crippen LogP contribution in [-0.2, 0) is 17.3 Å². The summed E-state index contributed by atoms with van der Waals surface area (Å²) in [4.78, 5) is 8.69. The van der Waals surface area contributed by atoms with Gasteiger partial charge < -0.3 is 20.9 Å². The molecular formula is C20H24ClFN6O2. The summed E-state index contributed by atoms with van der Waals surface area (Å²) in [6, 6.07) is 2.90. The maximum absolute atomic E-state index is 14.9. The van der Waals surface area contributed by atoms with E-state index in [-0.39, 0.29) is 23.2 Å². The summed E-state index contributed by atoms with van der Waals surface area (Å²) < 4.78 is 21.7. The van der Waals surface area contributed by atoms with E-state index >= 15 is 0 Å². The lowest BCUT2D eigenvalue weighted by molar-refractivity contribution is -0.0136. The number of benzene rings is 1. The normalized spacial score (nSPS) is 20.0. The van der Waals surface area contributed by atoms with Gasteiger partial charge in [0.2, 0.25) is 5.95 Å². The van der Waals surface area contributed by atoms with Crippen molar-refractivity contribution >= 4 is 28.5 Å². The molecule has 2 aromatic heterocycles. The van der Waals surface area contributed by atoms with E-state index in [9.17, 15) is 9.50 Å². The van der Waals surface area contributed by atoms with Gasteiger partial charge in [0.1, 0.15) is 5.52 Å². The Morgan fingerprint density at radius 2 is 2.17 bits per heavy atom. The summed E-state index contributed by atoms with van der Waals surface area (Å²) in [5, 5.41) is 18.4. The topological polar surface area (TPSA) is 111 Å². The molecule has 160 valence electrons. The van der Waals surface area contributed by atoms with Crippen molar-refractivity contribution in [3.05, 3.63) is 34.9 Å². The third kappa shape index (κ3) is 3.85. The number of aliphatic hydroxyl groups is 1. The highest BCUT2D eigenvalue weighted by Crippen LogP contribution is 2.34. The molecule has 4 N–H and O–H groups in total. The number of aromatic nitrogens is 4. The van der Waals surface area contributed by atoms with Gasteiger partial charge in [0.25, 0.3) is 0 Å². The lowest BCUT2D eigenvalue weighted by Crippen LogP contribution is -2.42. The largest absolute Gasteiger partial charge is 0.389 e. The van der Waals surface area contributed by atoms with Crippen LogP contribution in [0.3, 0.4) is 0 Å². The van der Waals surface area contributed by atoms with Crippen molar-refractivity contribution in [3.63, 3.8) is 0 Å². The molecule has 4 rings (SSSR count). The molecule has 0 aliphatic carbocycles. The molecule has 0 amide bonds. The Morgan fingerprint density at radius 3 is 2.87 bits per heavy atom. The number of ether oxygens (including phenoxy) is 1. The molecule has 8 nitrogen and oxygen atoms in total. The maximum Gasteiger partial charge on any atom is 0.223 e. The van der Waals surface area contributed by atoms with Crippen LogP contribution in [0.5, 0.6) is 0 Å². The molecular weight excluding hydrogens is 411 g/mol. The molecule has 1 fully saturated rings. The second kappa shape index (κ2) is 7.73. The number of halogens is 2. The predicted molar refractivity (Wildman–Crippen MR) is 113 cm³/mol. The summed E-state index contributed by atoms with van der Waals surface area (Å²) in [6.07, 6.45) is 1.41. The molecule has 0 bridgehead atoms. The zero-order valence-corrected chi connectivity index (χ0v) is 17.7. The summed E-state index contributed by atoms with van der Waals surface area (Å²) in [5.74, 6) is -0.191. The van der Waals surface area contributed by atoms with E-state index in [4.69, 9.17) is 22.1 Å². The minimum atomic E-state index is -0.726. The Hall–Kier alpha value is -2.33. The number of aryl methyl sites for hydroxylation is 1. The molecule has 0 saturated carbocycles. The summed E-state index contributed by atoms with van der Waals surface area (Å²) in [7, 11) is 1.74. The maximum atomic E-state index is 14.9. The molecule has 1 aliphatic heterocycles. The average molecular weight is 435 g/mol. The van der Waals surface area contributed by atoms with Gasteiger partial charge in [-0.25, -0.2) is 14.4 Å². The van der Waals surface area contributed by atoms with Crippen LogP contribution < -0.4 is 11.1 Å². The van der Waals surface area contributed by atoms with E-state index in [2.05, 4.69) is 20.4 Å². The van der Waals surface area contributed by atoms with Gasteiger partial charge in [0.15, 0.2) is 5.82 Å². The van der Waals surface area contributed by atoms with E-state index in [0.29, 0.717) is 41.3 Å². The fourth-order valence-electron chi connectivity index (χ4n) is 3.85. The summed E-state index contributed by atoms with van der Waals surface area (Å²) in [6.45, 7) is 4.47. The van der Waals surface area contributed by atoms with Crippen LogP contribution in [0.25, 0.3) is 22.2 Å². The first-order valence-corrected chi connectivity index (χ1v) is 10.0. The molecule has 0 unspecified atom stereocenters. The number of hydrogen-bond donors (Lipinski definition) is 3. The second-order valence-electron chi connectivity index (χ2n) is 8.12. The number of fused-ring (bicyclic) bond motifs is 1. The van der Waals surface area contributed by atoms with Crippen LogP contribution in [0, 0.1) is 5.82 Å². The standard InChI is InChI=1S/C20H24ClFN6O2/c1-20(2,23)18-11-6-10(7-13(22)17(11)27-28(18)3)16-12(21)8-24-19(26-16)25-14-4-5-30-9-15(14)29/h6-8,14-15,29H,4-5,9,23H2,1-3H3,(H,24,25,26)/t14-,15-/m1/s1. The Labute approximate surface area is 178 Å². The smallest absolute Gasteiger partial charge is 0.223 e. The van der Waals surface area contributed by atoms with Gasteiger partial charge in [0, 0.05) is 24.6 Å². The van der Waals surface area contributed by atoms with Gasteiger partial charge >= 0.3 is 0 Å². The van der Waals surface area contributed by atoms with Crippen LogP contribution in [0.2, 0.25) is 5.02 Å². The minimum Gasteiger partial charge on any atom is -0.389 e. The SMILES string of the molecule is Cn1nc2c(F)cc(-c3nc(N[C@@H]4CCOC[C@H]4O)ncc3Cl)cc2c1C(C)(C)N. The number of rotatable bonds is 4. The van der Waals surface area contributed by atoms with Crippen molar-refractivity contribution in [2.45, 2.75) is 38.0 Å². The number of aliphatic hydroxyl groups excluding tert-OH is 1. The number of nitrogens with zero attached hydrogens (tertiary/aromatic N) is 4. The monoisotopic (exact) mass is 434 g/mol. The fourth-order valence-corrected chi connectivity index (χ4v) is 4.05. The average Bonchev–Trinajstić information content (AvgIpc) is 3.02. The fraction of sp³-hybridized carbons (Fsp3) is 0.450. The molecule has 10 heteroatoms. The van der Waals surface area contributed by atoms with Crippen LogP contribution in [-0.4, -0.2) is 50.2 Å². The number of anilines is 1. The zero-order chi connectivity index (χ0) is 21.6. The third-order valence-electron chi connectivity index (χ3n) is 5.16. The molecule has 30 heavy (non-hydrogen) atoms. The quantitative estimate of drug-likeness (QED) is 0.578. The molecule has 1 aliphatic rings. The highest BCUT2D eigenvalue weighted by Gasteiger charge is 2.26. The molecule has 1 saturated heterocycles. The van der Waals surface area contributed by atoms with Crippen LogP contribution >= 0.6 is 11.6 Å². The van der Waals surface area contributed by atoms with E-state index in [0.717, 1.165) is 0 Å². The van der Waals surface area contributed by atoms with Gasteiger partial charge in [-0.05, 0) is 32.4 Å². The first-order chi connectivity index (χ1) is 14.1. The molecule has 3 aromatic rings. The lowest BCUT2D eigenvalue weighted by Gasteiger charge is -2.28. The van der Waals surface area contributed by atoms with E-state index < -0.39 is 17.5 Å². The van der Waals surface area contributed by atoms with E-state index in [1.165, 1.54) is 12.3 Å². The molecule has 3 heterocycles. The summed E-state index contributed by atoms with van der Waals surface area (Å²) >= 11 is 6.35. The van der Waals surface area contributed by atoms with E-state index in [1.54, 1.807) is 17.8 Å². The van der Waals surface area contributed by atoms with Crippen molar-refractivity contribution in [2.75, 3.05) is 18.5 Å². The van der Waals surface area contributed by atoms with Crippen molar-refractivity contribution in [2.24, 2.45) is 12.8 Å². The molecule has 2 atom stereocenters. The highest BCUT2D eigenvalue weighted by molar-refractivity contribution is 6.33. The van der Waals surface area contributed by atoms with Gasteiger partial charge in [-0.3, -0.25) is 4.68 Å². The van der Waals surface area contributed by atoms with Crippen LogP contribution in [0.15, 0.2) is 18.3 Å². The summed E-state index contributed by atoms with van der Waals surface area (Å²) in [5.41, 5.74) is 7.38. The first-order valence-electron chi connectivity index (χ1n) is 9.66. The molecule has 0 spiro atoms. The van der Waals surface area contributed by atoms with Crippen LogP contribution in [0.4, 0.5) is 10.3 Å². The molecule has 0 radical (unpaired) electrons. The third-order valence-corrected chi connectivity index (χ3v) is 5.44. The number of nitrogens with two attached hydrogens (primary N) is 1. The van der Waals surface area contributed by atoms with Gasteiger partial charge in [-0.1, -0.05) is 11.6 Å². The van der Waals surface area contributed by atoms with Gasteiger partial charge in [-0.2, -0.15) is 5.10 Å². The van der Waals surface area contributed by atoms with Crippen molar-refractivity contribution < 1.29 is 14.2 Å². The van der Waals surface area contributed by atoms with E-state index in [1.807, 2.05) is 13.8 Å². The van der Waals surface area contributed by atoms with Crippen molar-refractivity contribution in [1.29, 1.82) is 0 Å². The first kappa shape index (κ1) is 20.9. The molecule has 1 aromatic carbocycles. The Balaban J connectivity index is 1.78. The minimum absolute atomic E-state index is 0.239. The lowest BCUT2D eigenvalue weighted by atomic mass is 9.96. The van der Waals surface area contributed by atoms with Crippen LogP contribution in [0.1, 0.15) is 26.0 Å². The highest BCUT2D eigenvalue weighted by atomic mass is 35.5. The number of nitrogens with one attached hydrogen (secondary N) is 1. The van der Waals surface area contributed by atoms with Gasteiger partial charge in [0.05, 0.1) is 46.9 Å². The van der Waals surface area contributed by atoms with Crippen molar-refractivity contribution in [1.82, 2.24) is 19.7 Å². The Bertz CT molecular complexity index is 1100. The van der Waals surface area contributed by atoms with Gasteiger partial charge in [-0.15, -0.1) is 0 Å². The Kier molecular flexibility index (Phi) is 5.39.